The molecule has 4 heteroatoms. The molecule has 112 valence electrons. The fraction of sp³-hybridized carbons (Fsp3) is 0.562. The van der Waals surface area contributed by atoms with E-state index in [-0.39, 0.29) is 11.4 Å². The van der Waals surface area contributed by atoms with E-state index in [1.54, 1.807) is 0 Å². The number of rotatable bonds is 5. The summed E-state index contributed by atoms with van der Waals surface area (Å²) in [6, 6.07) is 6.04. The molecule has 0 aliphatic carbocycles. The Labute approximate surface area is 122 Å². The second-order valence-electron chi connectivity index (χ2n) is 6.37. The lowest BCUT2D eigenvalue weighted by atomic mass is 10.1. The largest absolute Gasteiger partial charge is 0.378 e. The molecule has 1 amide bonds. The maximum atomic E-state index is 11.9. The van der Waals surface area contributed by atoms with Gasteiger partial charge in [0.15, 0.2) is 0 Å². The number of hydrogen-bond acceptors (Lipinski definition) is 3. The van der Waals surface area contributed by atoms with E-state index in [4.69, 9.17) is 0 Å². The van der Waals surface area contributed by atoms with Crippen LogP contribution in [0.3, 0.4) is 0 Å². The molecule has 20 heavy (non-hydrogen) atoms. The van der Waals surface area contributed by atoms with Crippen molar-refractivity contribution in [1.29, 1.82) is 0 Å². The molecule has 0 aromatic heterocycles. The van der Waals surface area contributed by atoms with Crippen LogP contribution in [0.1, 0.15) is 32.8 Å². The minimum atomic E-state index is 0.0439. The number of nitrogens with one attached hydrogen (secondary N) is 2. The van der Waals surface area contributed by atoms with Gasteiger partial charge in [-0.25, -0.2) is 0 Å². The summed E-state index contributed by atoms with van der Waals surface area (Å²) in [5.74, 6) is 0.0439. The number of amides is 1. The van der Waals surface area contributed by atoms with Crippen LogP contribution in [0.4, 0.5) is 11.4 Å². The Morgan fingerprint density at radius 1 is 1.25 bits per heavy atom. The first kappa shape index (κ1) is 16.5. The third-order valence-corrected chi connectivity index (χ3v) is 3.01. The molecule has 0 aliphatic rings. The minimum absolute atomic E-state index is 0.0439. The van der Waals surface area contributed by atoms with Crippen molar-refractivity contribution in [2.45, 2.75) is 39.7 Å². The number of aryl methyl sites for hydroxylation is 1. The predicted octanol–water partition coefficient (Wildman–Crippen LogP) is 2.78. The van der Waals surface area contributed by atoms with Gasteiger partial charge >= 0.3 is 0 Å². The lowest BCUT2D eigenvalue weighted by Crippen LogP contribution is -2.37. The Morgan fingerprint density at radius 3 is 2.40 bits per heavy atom. The van der Waals surface area contributed by atoms with E-state index in [0.717, 1.165) is 16.9 Å². The number of anilines is 2. The van der Waals surface area contributed by atoms with Crippen LogP contribution in [0.25, 0.3) is 0 Å². The quantitative estimate of drug-likeness (QED) is 0.870. The normalized spacial score (nSPS) is 11.3. The molecule has 4 nitrogen and oxygen atoms in total. The van der Waals surface area contributed by atoms with Crippen molar-refractivity contribution < 1.29 is 4.79 Å². The highest BCUT2D eigenvalue weighted by molar-refractivity contribution is 5.91. The molecule has 0 heterocycles. The molecule has 0 spiro atoms. The molecular weight excluding hydrogens is 250 g/mol. The lowest BCUT2D eigenvalue weighted by molar-refractivity contribution is -0.116. The standard InChI is InChI=1S/C16H27N3O/c1-12-11-13(19(5)6)7-8-14(12)18-15(20)9-10-17-16(2,3)4/h7-8,11,17H,9-10H2,1-6H3,(H,18,20). The van der Waals surface area contributed by atoms with Crippen molar-refractivity contribution in [3.8, 4) is 0 Å². The summed E-state index contributed by atoms with van der Waals surface area (Å²) in [6.07, 6.45) is 0.478. The average molecular weight is 277 g/mol. The van der Waals surface area contributed by atoms with Crippen molar-refractivity contribution >= 4 is 17.3 Å². The zero-order valence-electron chi connectivity index (χ0n) is 13.5. The van der Waals surface area contributed by atoms with Gasteiger partial charge in [0, 0.05) is 44.0 Å². The summed E-state index contributed by atoms with van der Waals surface area (Å²) in [7, 11) is 4.01. The fourth-order valence-corrected chi connectivity index (χ4v) is 1.83. The Morgan fingerprint density at radius 2 is 1.90 bits per heavy atom. The zero-order chi connectivity index (χ0) is 15.3. The molecule has 0 saturated carbocycles. The van der Waals surface area contributed by atoms with Gasteiger partial charge < -0.3 is 15.5 Å². The van der Waals surface area contributed by atoms with Crippen LogP contribution in [0, 0.1) is 6.92 Å². The summed E-state index contributed by atoms with van der Waals surface area (Å²) in [6.45, 7) is 8.97. The third-order valence-electron chi connectivity index (χ3n) is 3.01. The van der Waals surface area contributed by atoms with Crippen molar-refractivity contribution in [1.82, 2.24) is 5.32 Å². The summed E-state index contributed by atoms with van der Waals surface area (Å²) in [5, 5.41) is 6.27. The van der Waals surface area contributed by atoms with Gasteiger partial charge in [-0.3, -0.25) is 4.79 Å². The lowest BCUT2D eigenvalue weighted by Gasteiger charge is -2.20. The average Bonchev–Trinajstić information content (AvgIpc) is 2.29. The van der Waals surface area contributed by atoms with Gasteiger partial charge in [-0.05, 0) is 51.5 Å². The van der Waals surface area contributed by atoms with Gasteiger partial charge in [0.2, 0.25) is 5.91 Å². The molecule has 0 bridgehead atoms. The van der Waals surface area contributed by atoms with Gasteiger partial charge in [-0.1, -0.05) is 0 Å². The van der Waals surface area contributed by atoms with Gasteiger partial charge in [0.1, 0.15) is 0 Å². The smallest absolute Gasteiger partial charge is 0.225 e. The van der Waals surface area contributed by atoms with E-state index in [1.807, 2.05) is 38.1 Å². The fourth-order valence-electron chi connectivity index (χ4n) is 1.83. The summed E-state index contributed by atoms with van der Waals surface area (Å²) in [5.41, 5.74) is 3.14. The Balaban J connectivity index is 2.54. The molecule has 2 N–H and O–H groups in total. The number of benzene rings is 1. The highest BCUT2D eigenvalue weighted by Gasteiger charge is 2.10. The first-order valence-corrected chi connectivity index (χ1v) is 7.02. The zero-order valence-corrected chi connectivity index (χ0v) is 13.5. The minimum Gasteiger partial charge on any atom is -0.378 e. The first-order chi connectivity index (χ1) is 9.19. The van der Waals surface area contributed by atoms with Crippen LogP contribution < -0.4 is 15.5 Å². The summed E-state index contributed by atoms with van der Waals surface area (Å²) in [4.78, 5) is 14.0. The second-order valence-corrected chi connectivity index (χ2v) is 6.37. The summed E-state index contributed by atoms with van der Waals surface area (Å²) >= 11 is 0. The highest BCUT2D eigenvalue weighted by Crippen LogP contribution is 2.21. The number of hydrogen-bond donors (Lipinski definition) is 2. The van der Waals surface area contributed by atoms with Crippen LogP contribution in [-0.2, 0) is 4.79 Å². The van der Waals surface area contributed by atoms with Crippen LogP contribution >= 0.6 is 0 Å². The molecule has 0 aliphatic heterocycles. The molecule has 1 rings (SSSR count). The third kappa shape index (κ3) is 5.61. The van der Waals surface area contributed by atoms with Crippen molar-refractivity contribution in [3.63, 3.8) is 0 Å². The van der Waals surface area contributed by atoms with Gasteiger partial charge in [-0.15, -0.1) is 0 Å². The maximum absolute atomic E-state index is 11.9. The highest BCUT2D eigenvalue weighted by atomic mass is 16.1. The Hall–Kier alpha value is -1.55. The van der Waals surface area contributed by atoms with Crippen molar-refractivity contribution in [2.75, 3.05) is 30.9 Å². The number of carbonyl (C=O) groups excluding carboxylic acids is 1. The maximum Gasteiger partial charge on any atom is 0.225 e. The van der Waals surface area contributed by atoms with E-state index in [2.05, 4.69) is 37.5 Å². The SMILES string of the molecule is Cc1cc(N(C)C)ccc1NC(=O)CCNC(C)(C)C. The number of carbonyl (C=O) groups is 1. The molecule has 0 atom stereocenters. The molecule has 0 fully saturated rings. The van der Waals surface area contributed by atoms with Crippen LogP contribution in [-0.4, -0.2) is 32.1 Å². The molecule has 1 aromatic rings. The molecule has 0 saturated heterocycles. The molecular formula is C16H27N3O. The van der Waals surface area contributed by atoms with E-state index in [1.165, 1.54) is 0 Å². The van der Waals surface area contributed by atoms with Crippen molar-refractivity contribution in [2.24, 2.45) is 0 Å². The molecule has 0 radical (unpaired) electrons. The first-order valence-electron chi connectivity index (χ1n) is 7.02. The van der Waals surface area contributed by atoms with E-state index in [9.17, 15) is 4.79 Å². The second kappa shape index (κ2) is 6.75. The predicted molar refractivity (Wildman–Crippen MR) is 86.5 cm³/mol. The van der Waals surface area contributed by atoms with Gasteiger partial charge in [-0.2, -0.15) is 0 Å². The Bertz CT molecular complexity index is 461. The molecule has 1 aromatic carbocycles. The monoisotopic (exact) mass is 277 g/mol. The van der Waals surface area contributed by atoms with E-state index < -0.39 is 0 Å². The van der Waals surface area contributed by atoms with E-state index in [0.29, 0.717) is 13.0 Å². The van der Waals surface area contributed by atoms with Gasteiger partial charge in [0.05, 0.1) is 0 Å². The topological polar surface area (TPSA) is 44.4 Å². The van der Waals surface area contributed by atoms with Crippen molar-refractivity contribution in [3.05, 3.63) is 23.8 Å². The van der Waals surface area contributed by atoms with Gasteiger partial charge in [0.25, 0.3) is 0 Å². The van der Waals surface area contributed by atoms with Crippen LogP contribution in [0.2, 0.25) is 0 Å². The van der Waals surface area contributed by atoms with E-state index >= 15 is 0 Å². The summed E-state index contributed by atoms with van der Waals surface area (Å²) < 4.78 is 0. The molecule has 0 unspecified atom stereocenters. The van der Waals surface area contributed by atoms with Crippen LogP contribution in [0.15, 0.2) is 18.2 Å². The number of nitrogens with zero attached hydrogens (tertiary/aromatic N) is 1. The Kier molecular flexibility index (Phi) is 5.57. The van der Waals surface area contributed by atoms with Crippen LogP contribution in [0.5, 0.6) is 0 Å².